The predicted octanol–water partition coefficient (Wildman–Crippen LogP) is 7.09. The molecule has 2 nitrogen and oxygen atoms in total. The van der Waals surface area contributed by atoms with Crippen molar-refractivity contribution >= 4 is 0 Å². The molecule has 0 bridgehead atoms. The maximum Gasteiger partial charge on any atom is 0.126 e. The van der Waals surface area contributed by atoms with E-state index >= 15 is 0 Å². The Bertz CT molecular complexity index is 1150. The van der Waals surface area contributed by atoms with Gasteiger partial charge in [0.1, 0.15) is 11.5 Å². The summed E-state index contributed by atoms with van der Waals surface area (Å²) in [7, 11) is 0. The van der Waals surface area contributed by atoms with Crippen molar-refractivity contribution < 1.29 is 9.47 Å². The van der Waals surface area contributed by atoms with E-state index < -0.39 is 5.41 Å². The second kappa shape index (κ2) is 7.66. The van der Waals surface area contributed by atoms with Crippen LogP contribution in [0.2, 0.25) is 0 Å². The highest BCUT2D eigenvalue weighted by atomic mass is 16.5. The number of benzene rings is 4. The lowest BCUT2D eigenvalue weighted by Crippen LogP contribution is -2.28. The quantitative estimate of drug-likeness (QED) is 0.282. The molecular formula is C29H22O2. The third-order valence-electron chi connectivity index (χ3n) is 5.97. The lowest BCUT2D eigenvalue weighted by molar-refractivity contribution is 0.482. The molecule has 0 amide bonds. The van der Waals surface area contributed by atoms with Crippen LogP contribution in [-0.4, -0.2) is 0 Å². The van der Waals surface area contributed by atoms with Gasteiger partial charge in [0.15, 0.2) is 0 Å². The Labute approximate surface area is 182 Å². The third kappa shape index (κ3) is 2.88. The van der Waals surface area contributed by atoms with Crippen LogP contribution in [0.25, 0.3) is 11.1 Å². The minimum Gasteiger partial charge on any atom is -0.466 e. The van der Waals surface area contributed by atoms with Crippen molar-refractivity contribution in [2.45, 2.75) is 5.41 Å². The van der Waals surface area contributed by atoms with Gasteiger partial charge < -0.3 is 9.47 Å². The Morgan fingerprint density at radius 2 is 0.903 bits per heavy atom. The number of ether oxygens (including phenoxy) is 2. The summed E-state index contributed by atoms with van der Waals surface area (Å²) in [6, 6.07) is 33.9. The Morgan fingerprint density at radius 3 is 1.29 bits per heavy atom. The number of fused-ring (bicyclic) bond motifs is 3. The Morgan fingerprint density at radius 1 is 0.516 bits per heavy atom. The fraction of sp³-hybridized carbons (Fsp3) is 0.0345. The van der Waals surface area contributed by atoms with E-state index in [2.05, 4.69) is 86.0 Å². The zero-order valence-electron chi connectivity index (χ0n) is 17.1. The molecular weight excluding hydrogens is 380 g/mol. The topological polar surface area (TPSA) is 18.5 Å². The van der Waals surface area contributed by atoms with E-state index in [1.54, 1.807) is 0 Å². The van der Waals surface area contributed by atoms with Crippen LogP contribution in [0.4, 0.5) is 0 Å². The SMILES string of the molecule is C=COc1ccc(C2(c3ccc(OC=C)cc3)c3ccccc3-c3ccccc32)cc1. The summed E-state index contributed by atoms with van der Waals surface area (Å²) in [4.78, 5) is 0. The van der Waals surface area contributed by atoms with E-state index in [4.69, 9.17) is 9.47 Å². The van der Waals surface area contributed by atoms with Gasteiger partial charge in [-0.05, 0) is 57.6 Å². The fourth-order valence-corrected chi connectivity index (χ4v) is 4.78. The molecule has 4 aromatic rings. The molecule has 0 heterocycles. The first kappa shape index (κ1) is 19.0. The molecule has 4 aromatic carbocycles. The first-order chi connectivity index (χ1) is 15.3. The van der Waals surface area contributed by atoms with Crippen molar-refractivity contribution in [2.24, 2.45) is 0 Å². The minimum absolute atomic E-state index is 0.438. The van der Waals surface area contributed by atoms with Gasteiger partial charge in [-0.1, -0.05) is 86.0 Å². The molecule has 150 valence electrons. The summed E-state index contributed by atoms with van der Waals surface area (Å²) in [6.07, 6.45) is 2.90. The number of hydrogen-bond acceptors (Lipinski definition) is 2. The molecule has 0 aromatic heterocycles. The molecule has 0 saturated carbocycles. The molecule has 0 spiro atoms. The highest BCUT2D eigenvalue weighted by Gasteiger charge is 2.45. The van der Waals surface area contributed by atoms with Crippen LogP contribution in [0.15, 0.2) is 123 Å². The van der Waals surface area contributed by atoms with E-state index in [1.165, 1.54) is 45.9 Å². The van der Waals surface area contributed by atoms with Crippen molar-refractivity contribution in [3.8, 4) is 22.6 Å². The maximum absolute atomic E-state index is 5.48. The van der Waals surface area contributed by atoms with Gasteiger partial charge in [-0.2, -0.15) is 0 Å². The largest absolute Gasteiger partial charge is 0.466 e. The molecule has 0 radical (unpaired) electrons. The number of rotatable bonds is 6. The van der Waals surface area contributed by atoms with E-state index in [9.17, 15) is 0 Å². The van der Waals surface area contributed by atoms with Crippen LogP contribution < -0.4 is 9.47 Å². The highest BCUT2D eigenvalue weighted by Crippen LogP contribution is 2.56. The van der Waals surface area contributed by atoms with Crippen LogP contribution in [0.1, 0.15) is 22.3 Å². The lowest BCUT2D eigenvalue weighted by Gasteiger charge is -2.34. The lowest BCUT2D eigenvalue weighted by atomic mass is 9.68. The normalized spacial score (nSPS) is 13.0. The number of hydrogen-bond donors (Lipinski definition) is 0. The highest BCUT2D eigenvalue weighted by molar-refractivity contribution is 5.86. The zero-order valence-corrected chi connectivity index (χ0v) is 17.1. The van der Waals surface area contributed by atoms with Crippen molar-refractivity contribution in [1.82, 2.24) is 0 Å². The molecule has 5 rings (SSSR count). The van der Waals surface area contributed by atoms with Gasteiger partial charge in [-0.15, -0.1) is 0 Å². The summed E-state index contributed by atoms with van der Waals surface area (Å²) >= 11 is 0. The molecule has 0 aliphatic heterocycles. The maximum atomic E-state index is 5.48. The summed E-state index contributed by atoms with van der Waals surface area (Å²) in [6.45, 7) is 7.32. The molecule has 0 atom stereocenters. The van der Waals surface area contributed by atoms with Gasteiger partial charge in [0.25, 0.3) is 0 Å². The third-order valence-corrected chi connectivity index (χ3v) is 5.97. The molecule has 0 unspecified atom stereocenters. The Hall–Kier alpha value is -4.04. The van der Waals surface area contributed by atoms with Crippen LogP contribution in [0.5, 0.6) is 11.5 Å². The van der Waals surface area contributed by atoms with Gasteiger partial charge in [-0.25, -0.2) is 0 Å². The van der Waals surface area contributed by atoms with Crippen LogP contribution in [0, 0.1) is 0 Å². The van der Waals surface area contributed by atoms with Crippen LogP contribution >= 0.6 is 0 Å². The van der Waals surface area contributed by atoms with Crippen molar-refractivity contribution in [3.05, 3.63) is 145 Å². The molecule has 2 heteroatoms. The average molecular weight is 402 g/mol. The van der Waals surface area contributed by atoms with Gasteiger partial charge in [0, 0.05) is 0 Å². The molecule has 0 N–H and O–H groups in total. The summed E-state index contributed by atoms with van der Waals surface area (Å²) in [5, 5.41) is 0. The second-order valence-electron chi connectivity index (χ2n) is 7.46. The van der Waals surface area contributed by atoms with E-state index in [1.807, 2.05) is 24.3 Å². The van der Waals surface area contributed by atoms with Crippen molar-refractivity contribution in [3.63, 3.8) is 0 Å². The molecule has 1 aliphatic rings. The molecule has 31 heavy (non-hydrogen) atoms. The van der Waals surface area contributed by atoms with E-state index in [-0.39, 0.29) is 0 Å². The van der Waals surface area contributed by atoms with Crippen molar-refractivity contribution in [2.75, 3.05) is 0 Å². The second-order valence-corrected chi connectivity index (χ2v) is 7.46. The Kier molecular flexibility index (Phi) is 4.68. The van der Waals surface area contributed by atoms with Gasteiger partial charge in [0.05, 0.1) is 17.9 Å². The van der Waals surface area contributed by atoms with E-state index in [0.717, 1.165) is 11.5 Å². The van der Waals surface area contributed by atoms with E-state index in [0.29, 0.717) is 0 Å². The Balaban J connectivity index is 1.82. The molecule has 0 fully saturated rings. The monoisotopic (exact) mass is 402 g/mol. The average Bonchev–Trinajstić information content (AvgIpc) is 3.12. The summed E-state index contributed by atoms with van der Waals surface area (Å²) in [5.41, 5.74) is 6.98. The standard InChI is InChI=1S/C29H22O2/c1-3-30-23-17-13-21(14-18-23)29(22-15-19-24(20-16-22)31-4-2)27-11-7-5-9-25(27)26-10-6-8-12-28(26)29/h3-20H,1-2H2. The summed E-state index contributed by atoms with van der Waals surface area (Å²) in [5.74, 6) is 1.53. The van der Waals surface area contributed by atoms with Crippen LogP contribution in [0.3, 0.4) is 0 Å². The first-order valence-electron chi connectivity index (χ1n) is 10.2. The summed E-state index contributed by atoms with van der Waals surface area (Å²) < 4.78 is 11.0. The fourth-order valence-electron chi connectivity index (χ4n) is 4.78. The van der Waals surface area contributed by atoms with Crippen molar-refractivity contribution in [1.29, 1.82) is 0 Å². The zero-order chi connectivity index (χ0) is 21.3. The van der Waals surface area contributed by atoms with Gasteiger partial charge >= 0.3 is 0 Å². The van der Waals surface area contributed by atoms with Gasteiger partial charge in [-0.3, -0.25) is 0 Å². The van der Waals surface area contributed by atoms with Crippen LogP contribution in [-0.2, 0) is 5.41 Å². The predicted molar refractivity (Wildman–Crippen MR) is 125 cm³/mol. The van der Waals surface area contributed by atoms with Gasteiger partial charge in [0.2, 0.25) is 0 Å². The first-order valence-corrected chi connectivity index (χ1v) is 10.2. The smallest absolute Gasteiger partial charge is 0.126 e. The molecule has 1 aliphatic carbocycles. The minimum atomic E-state index is -0.438. The molecule has 0 saturated heterocycles.